The molecule has 1 saturated heterocycles. The Kier molecular flexibility index (Phi) is 3.69. The van der Waals surface area contributed by atoms with Gasteiger partial charge in [0, 0.05) is 24.6 Å². The second-order valence-electron chi connectivity index (χ2n) is 5.75. The van der Waals surface area contributed by atoms with Crippen LogP contribution < -0.4 is 0 Å². The highest BCUT2D eigenvalue weighted by Crippen LogP contribution is 2.29. The van der Waals surface area contributed by atoms with Crippen LogP contribution in [0.25, 0.3) is 11.2 Å². The third kappa shape index (κ3) is 2.54. The van der Waals surface area contributed by atoms with E-state index in [1.54, 1.807) is 0 Å². The third-order valence-electron chi connectivity index (χ3n) is 3.92. The Morgan fingerprint density at radius 3 is 2.95 bits per heavy atom. The lowest BCUT2D eigenvalue weighted by Crippen LogP contribution is -2.30. The van der Waals surface area contributed by atoms with Crippen LogP contribution in [-0.2, 0) is 17.7 Å². The summed E-state index contributed by atoms with van der Waals surface area (Å²) >= 11 is 5.91. The van der Waals surface area contributed by atoms with Gasteiger partial charge in [0.1, 0.15) is 11.3 Å². The molecule has 3 heterocycles. The van der Waals surface area contributed by atoms with Crippen LogP contribution in [0, 0.1) is 6.92 Å². The van der Waals surface area contributed by atoms with Crippen molar-refractivity contribution in [2.24, 2.45) is 0 Å². The minimum atomic E-state index is -0.111. The topological polar surface area (TPSA) is 39.9 Å². The molecule has 0 N–H and O–H groups in total. The molecule has 2 aromatic heterocycles. The van der Waals surface area contributed by atoms with Crippen LogP contribution in [0.5, 0.6) is 0 Å². The molecule has 1 aliphatic heterocycles. The SMILES string of the molecule is Cc1ccc2nc(CCCl)n(CC3(C)CCCO3)c2n1. The van der Waals surface area contributed by atoms with E-state index in [0.717, 1.165) is 55.1 Å². The van der Waals surface area contributed by atoms with Gasteiger partial charge in [0.05, 0.1) is 12.1 Å². The summed E-state index contributed by atoms with van der Waals surface area (Å²) in [5, 5.41) is 0. The van der Waals surface area contributed by atoms with Gasteiger partial charge in [0.2, 0.25) is 0 Å². The summed E-state index contributed by atoms with van der Waals surface area (Å²) in [4.78, 5) is 9.33. The Hall–Kier alpha value is -1.13. The van der Waals surface area contributed by atoms with Crippen molar-refractivity contribution in [2.75, 3.05) is 12.5 Å². The van der Waals surface area contributed by atoms with Crippen molar-refractivity contribution in [1.29, 1.82) is 0 Å². The van der Waals surface area contributed by atoms with E-state index in [4.69, 9.17) is 16.3 Å². The van der Waals surface area contributed by atoms with E-state index in [1.165, 1.54) is 0 Å². The highest BCUT2D eigenvalue weighted by atomic mass is 35.5. The van der Waals surface area contributed by atoms with Crippen LogP contribution in [0.3, 0.4) is 0 Å². The predicted molar refractivity (Wildman–Crippen MR) is 80.3 cm³/mol. The molecule has 0 aromatic carbocycles. The van der Waals surface area contributed by atoms with Crippen molar-refractivity contribution in [3.63, 3.8) is 0 Å². The lowest BCUT2D eigenvalue weighted by atomic mass is 10.0. The minimum absolute atomic E-state index is 0.111. The van der Waals surface area contributed by atoms with E-state index in [-0.39, 0.29) is 5.60 Å². The summed E-state index contributed by atoms with van der Waals surface area (Å²) < 4.78 is 8.11. The number of fused-ring (bicyclic) bond motifs is 1. The summed E-state index contributed by atoms with van der Waals surface area (Å²) in [6.07, 6.45) is 2.96. The average molecular weight is 294 g/mol. The van der Waals surface area contributed by atoms with Gasteiger partial charge in [-0.2, -0.15) is 0 Å². The molecule has 20 heavy (non-hydrogen) atoms. The Bertz CT molecular complexity index is 617. The van der Waals surface area contributed by atoms with Crippen LogP contribution in [0.15, 0.2) is 12.1 Å². The maximum absolute atomic E-state index is 5.92. The first kappa shape index (κ1) is 13.8. The smallest absolute Gasteiger partial charge is 0.160 e. The van der Waals surface area contributed by atoms with Crippen LogP contribution in [0.4, 0.5) is 0 Å². The Morgan fingerprint density at radius 2 is 2.25 bits per heavy atom. The lowest BCUT2D eigenvalue weighted by Gasteiger charge is -2.24. The number of nitrogens with zero attached hydrogens (tertiary/aromatic N) is 3. The zero-order chi connectivity index (χ0) is 14.2. The number of ether oxygens (including phenoxy) is 1. The molecule has 1 fully saturated rings. The molecule has 1 aliphatic rings. The Balaban J connectivity index is 2.05. The molecular weight excluding hydrogens is 274 g/mol. The normalized spacial score (nSPS) is 22.8. The molecule has 3 rings (SSSR count). The fourth-order valence-electron chi connectivity index (χ4n) is 2.88. The summed E-state index contributed by atoms with van der Waals surface area (Å²) in [5.41, 5.74) is 2.79. The third-order valence-corrected chi connectivity index (χ3v) is 4.11. The lowest BCUT2D eigenvalue weighted by molar-refractivity contribution is 0.00641. The van der Waals surface area contributed by atoms with Gasteiger partial charge >= 0.3 is 0 Å². The first-order valence-electron chi connectivity index (χ1n) is 7.14. The van der Waals surface area contributed by atoms with Gasteiger partial charge in [-0.1, -0.05) is 0 Å². The molecule has 0 aliphatic carbocycles. The molecule has 0 radical (unpaired) electrons. The van der Waals surface area contributed by atoms with E-state index in [1.807, 2.05) is 19.1 Å². The molecule has 0 bridgehead atoms. The largest absolute Gasteiger partial charge is 0.373 e. The number of alkyl halides is 1. The molecule has 1 atom stereocenters. The molecule has 4 nitrogen and oxygen atoms in total. The van der Waals surface area contributed by atoms with E-state index in [0.29, 0.717) is 5.88 Å². The average Bonchev–Trinajstić information content (AvgIpc) is 2.97. The molecular formula is C15H20ClN3O. The first-order chi connectivity index (χ1) is 9.61. The van der Waals surface area contributed by atoms with Gasteiger partial charge in [0.15, 0.2) is 5.65 Å². The molecule has 2 aromatic rings. The number of pyridine rings is 1. The fourth-order valence-corrected chi connectivity index (χ4v) is 3.05. The minimum Gasteiger partial charge on any atom is -0.373 e. The summed E-state index contributed by atoms with van der Waals surface area (Å²) in [6.45, 7) is 5.82. The second kappa shape index (κ2) is 5.34. The Labute approximate surface area is 124 Å². The molecule has 0 saturated carbocycles. The molecule has 0 amide bonds. The van der Waals surface area contributed by atoms with Crippen molar-refractivity contribution in [2.45, 2.75) is 45.3 Å². The van der Waals surface area contributed by atoms with E-state index < -0.39 is 0 Å². The summed E-state index contributed by atoms with van der Waals surface area (Å²) in [7, 11) is 0. The zero-order valence-electron chi connectivity index (χ0n) is 12.0. The molecule has 0 spiro atoms. The zero-order valence-corrected chi connectivity index (χ0v) is 12.8. The predicted octanol–water partition coefficient (Wildman–Crippen LogP) is 3.09. The van der Waals surface area contributed by atoms with Crippen LogP contribution >= 0.6 is 11.6 Å². The number of rotatable bonds is 4. The second-order valence-corrected chi connectivity index (χ2v) is 6.13. The number of aromatic nitrogens is 3. The van der Waals surface area contributed by atoms with Gasteiger partial charge < -0.3 is 9.30 Å². The highest BCUT2D eigenvalue weighted by Gasteiger charge is 2.31. The quantitative estimate of drug-likeness (QED) is 0.813. The van der Waals surface area contributed by atoms with E-state index in [2.05, 4.69) is 21.5 Å². The first-order valence-corrected chi connectivity index (χ1v) is 7.67. The molecule has 5 heteroatoms. The van der Waals surface area contributed by atoms with Crippen molar-refractivity contribution >= 4 is 22.8 Å². The van der Waals surface area contributed by atoms with E-state index in [9.17, 15) is 0 Å². The monoisotopic (exact) mass is 293 g/mol. The summed E-state index contributed by atoms with van der Waals surface area (Å²) in [5.74, 6) is 1.57. The van der Waals surface area contributed by atoms with Crippen molar-refractivity contribution < 1.29 is 4.74 Å². The van der Waals surface area contributed by atoms with Gasteiger partial charge in [-0.15, -0.1) is 11.6 Å². The fraction of sp³-hybridized carbons (Fsp3) is 0.600. The number of hydrogen-bond donors (Lipinski definition) is 0. The van der Waals surface area contributed by atoms with Gasteiger partial charge in [-0.05, 0) is 38.8 Å². The van der Waals surface area contributed by atoms with Crippen LogP contribution in [0.2, 0.25) is 0 Å². The molecule has 1 unspecified atom stereocenters. The van der Waals surface area contributed by atoms with Crippen molar-refractivity contribution in [1.82, 2.24) is 14.5 Å². The Morgan fingerprint density at radius 1 is 1.40 bits per heavy atom. The van der Waals surface area contributed by atoms with Crippen molar-refractivity contribution in [3.05, 3.63) is 23.7 Å². The summed E-state index contributed by atoms with van der Waals surface area (Å²) in [6, 6.07) is 4.03. The highest BCUT2D eigenvalue weighted by molar-refractivity contribution is 6.17. The van der Waals surface area contributed by atoms with Gasteiger partial charge in [0.25, 0.3) is 0 Å². The van der Waals surface area contributed by atoms with Crippen LogP contribution in [0.1, 0.15) is 31.3 Å². The number of aryl methyl sites for hydroxylation is 2. The van der Waals surface area contributed by atoms with Crippen LogP contribution in [-0.4, -0.2) is 32.6 Å². The van der Waals surface area contributed by atoms with E-state index >= 15 is 0 Å². The van der Waals surface area contributed by atoms with Gasteiger partial charge in [-0.25, -0.2) is 9.97 Å². The standard InChI is InChI=1S/C15H20ClN3O/c1-11-4-5-12-14(17-11)19(13(18-12)6-8-16)10-15(2)7-3-9-20-15/h4-5H,3,6-10H2,1-2H3. The molecule has 108 valence electrons. The maximum atomic E-state index is 5.92. The number of halogens is 1. The number of hydrogen-bond acceptors (Lipinski definition) is 3. The van der Waals surface area contributed by atoms with Crippen molar-refractivity contribution in [3.8, 4) is 0 Å². The van der Waals surface area contributed by atoms with Gasteiger partial charge in [-0.3, -0.25) is 0 Å². The maximum Gasteiger partial charge on any atom is 0.160 e. The number of imidazole rings is 1.